The first kappa shape index (κ1) is 14.3. The van der Waals surface area contributed by atoms with Gasteiger partial charge in [-0.25, -0.2) is 0 Å². The van der Waals surface area contributed by atoms with Crippen molar-refractivity contribution in [1.29, 1.82) is 0 Å². The number of likely N-dealkylation sites (N-methyl/N-ethyl adjacent to an activating group) is 1. The Balaban J connectivity index is 1.97. The van der Waals surface area contributed by atoms with Crippen LogP contribution in [0.4, 0.5) is 5.69 Å². The third kappa shape index (κ3) is 2.37. The second-order valence-electron chi connectivity index (χ2n) is 5.16. The highest BCUT2D eigenvalue weighted by Gasteiger charge is 2.48. The van der Waals surface area contributed by atoms with Crippen LogP contribution in [0.15, 0.2) is 53.0 Å². The van der Waals surface area contributed by atoms with E-state index < -0.39 is 11.6 Å². The Bertz CT molecular complexity index is 690. The zero-order chi connectivity index (χ0) is 15.0. The molecule has 1 atom stereocenters. The van der Waals surface area contributed by atoms with Gasteiger partial charge in [-0.15, -0.1) is 0 Å². The van der Waals surface area contributed by atoms with E-state index >= 15 is 0 Å². The van der Waals surface area contributed by atoms with E-state index in [0.717, 1.165) is 10.0 Å². The van der Waals surface area contributed by atoms with Crippen LogP contribution in [-0.4, -0.2) is 23.0 Å². The van der Waals surface area contributed by atoms with Gasteiger partial charge in [0, 0.05) is 22.3 Å². The topological polar surface area (TPSA) is 52.6 Å². The predicted molar refractivity (Wildman–Crippen MR) is 84.6 cm³/mol. The van der Waals surface area contributed by atoms with E-state index in [1.54, 1.807) is 24.1 Å². The van der Waals surface area contributed by atoms with Gasteiger partial charge in [-0.05, 0) is 30.8 Å². The van der Waals surface area contributed by atoms with Crippen LogP contribution in [0.2, 0.25) is 0 Å². The number of nitrogens with one attached hydrogen (secondary N) is 1. The molecule has 0 bridgehead atoms. The molecule has 2 aromatic rings. The van der Waals surface area contributed by atoms with Gasteiger partial charge < -0.3 is 10.4 Å². The lowest BCUT2D eigenvalue weighted by atomic mass is 10.0. The van der Waals surface area contributed by atoms with E-state index in [2.05, 4.69) is 21.2 Å². The van der Waals surface area contributed by atoms with Crippen molar-refractivity contribution in [3.05, 3.63) is 64.1 Å². The Morgan fingerprint density at radius 2 is 1.95 bits per heavy atom. The van der Waals surface area contributed by atoms with Crippen molar-refractivity contribution < 1.29 is 9.90 Å². The van der Waals surface area contributed by atoms with E-state index in [1.165, 1.54) is 0 Å². The molecule has 0 radical (unpaired) electrons. The third-order valence-corrected chi connectivity index (χ3v) is 4.23. The smallest absolute Gasteiger partial charge is 0.276 e. The standard InChI is InChI=1S/C16H15BrN2O2/c1-19(10-11-5-3-2-4-6-11)16(21)13-9-12(17)7-8-14(13)18-15(16)20/h2-9,21H,10H2,1H3,(H,18,20)/t16-/m0/s1. The van der Waals surface area contributed by atoms with Crippen molar-refractivity contribution in [2.45, 2.75) is 12.3 Å². The SMILES string of the molecule is CN(Cc1ccccc1)[C@@]1(O)C(=O)Nc2ccc(Br)cc21. The maximum atomic E-state index is 12.3. The molecule has 2 aromatic carbocycles. The summed E-state index contributed by atoms with van der Waals surface area (Å²) in [6.45, 7) is 0.469. The number of hydrogen-bond acceptors (Lipinski definition) is 3. The maximum Gasteiger partial charge on any atom is 0.276 e. The molecule has 0 unspecified atom stereocenters. The lowest BCUT2D eigenvalue weighted by molar-refractivity contribution is -0.156. The Morgan fingerprint density at radius 3 is 2.67 bits per heavy atom. The largest absolute Gasteiger partial charge is 0.364 e. The van der Waals surface area contributed by atoms with Crippen molar-refractivity contribution in [3.8, 4) is 0 Å². The lowest BCUT2D eigenvalue weighted by Gasteiger charge is -2.32. The predicted octanol–water partition coefficient (Wildman–Crippen LogP) is 2.68. The number of carbonyl (C=O) groups is 1. The van der Waals surface area contributed by atoms with E-state index in [1.807, 2.05) is 36.4 Å². The van der Waals surface area contributed by atoms with E-state index in [4.69, 9.17) is 0 Å². The highest BCUT2D eigenvalue weighted by atomic mass is 79.9. The number of amides is 1. The Kier molecular flexibility index (Phi) is 3.57. The normalized spacial score (nSPS) is 20.5. The fraction of sp³-hybridized carbons (Fsp3) is 0.188. The molecule has 0 fully saturated rings. The highest BCUT2D eigenvalue weighted by Crippen LogP contribution is 2.39. The van der Waals surface area contributed by atoms with Gasteiger partial charge >= 0.3 is 0 Å². The Hall–Kier alpha value is -1.69. The maximum absolute atomic E-state index is 12.3. The molecule has 1 amide bonds. The fourth-order valence-electron chi connectivity index (χ4n) is 2.60. The molecule has 3 rings (SSSR count). The van der Waals surface area contributed by atoms with Crippen LogP contribution in [0, 0.1) is 0 Å². The zero-order valence-electron chi connectivity index (χ0n) is 11.5. The quantitative estimate of drug-likeness (QED) is 0.840. The molecule has 108 valence electrons. The van der Waals surface area contributed by atoms with Crippen LogP contribution in [0.1, 0.15) is 11.1 Å². The van der Waals surface area contributed by atoms with Gasteiger partial charge in [0.25, 0.3) is 5.91 Å². The monoisotopic (exact) mass is 346 g/mol. The van der Waals surface area contributed by atoms with Gasteiger partial charge in [-0.1, -0.05) is 46.3 Å². The van der Waals surface area contributed by atoms with Crippen LogP contribution in [0.25, 0.3) is 0 Å². The first-order valence-corrected chi connectivity index (χ1v) is 7.40. The summed E-state index contributed by atoms with van der Waals surface area (Å²) < 4.78 is 0.823. The molecule has 1 heterocycles. The summed E-state index contributed by atoms with van der Waals surface area (Å²) in [5.41, 5.74) is 0.588. The Labute approximate surface area is 131 Å². The number of hydrogen-bond donors (Lipinski definition) is 2. The third-order valence-electron chi connectivity index (χ3n) is 3.74. The van der Waals surface area contributed by atoms with Crippen LogP contribution >= 0.6 is 15.9 Å². The summed E-state index contributed by atoms with van der Waals surface area (Å²) >= 11 is 3.38. The first-order valence-electron chi connectivity index (χ1n) is 6.61. The fourth-order valence-corrected chi connectivity index (χ4v) is 2.96. The number of halogens is 1. The minimum atomic E-state index is -1.66. The number of benzene rings is 2. The molecular formula is C16H15BrN2O2. The molecule has 0 aromatic heterocycles. The number of carbonyl (C=O) groups excluding carboxylic acids is 1. The van der Waals surface area contributed by atoms with Gasteiger partial charge in [0.2, 0.25) is 5.72 Å². The van der Waals surface area contributed by atoms with Gasteiger partial charge in [-0.3, -0.25) is 9.69 Å². The number of fused-ring (bicyclic) bond motifs is 1. The average molecular weight is 347 g/mol. The summed E-state index contributed by atoms with van der Waals surface area (Å²) in [4.78, 5) is 13.9. The van der Waals surface area contributed by atoms with E-state index in [0.29, 0.717) is 17.8 Å². The number of aliphatic hydroxyl groups is 1. The minimum Gasteiger partial charge on any atom is -0.364 e. The van der Waals surface area contributed by atoms with Crippen LogP contribution < -0.4 is 5.32 Å². The Morgan fingerprint density at radius 1 is 1.24 bits per heavy atom. The van der Waals surface area contributed by atoms with Crippen molar-refractivity contribution >= 4 is 27.5 Å². The van der Waals surface area contributed by atoms with Crippen molar-refractivity contribution in [2.24, 2.45) is 0 Å². The summed E-state index contributed by atoms with van der Waals surface area (Å²) in [6.07, 6.45) is 0. The second kappa shape index (κ2) is 5.26. The van der Waals surface area contributed by atoms with Crippen LogP contribution in [0.3, 0.4) is 0 Å². The summed E-state index contributed by atoms with van der Waals surface area (Å²) in [5.74, 6) is -0.422. The van der Waals surface area contributed by atoms with E-state index in [9.17, 15) is 9.90 Å². The summed E-state index contributed by atoms with van der Waals surface area (Å²) in [5, 5.41) is 13.7. The molecule has 0 aliphatic carbocycles. The highest BCUT2D eigenvalue weighted by molar-refractivity contribution is 9.10. The summed E-state index contributed by atoms with van der Waals surface area (Å²) in [6, 6.07) is 15.1. The summed E-state index contributed by atoms with van der Waals surface area (Å²) in [7, 11) is 1.74. The molecule has 0 saturated carbocycles. The lowest BCUT2D eigenvalue weighted by Crippen LogP contribution is -2.48. The average Bonchev–Trinajstić information content (AvgIpc) is 2.73. The number of nitrogens with zero attached hydrogens (tertiary/aromatic N) is 1. The van der Waals surface area contributed by atoms with Gasteiger partial charge in [0.15, 0.2) is 0 Å². The molecule has 2 N–H and O–H groups in total. The van der Waals surface area contributed by atoms with Crippen molar-refractivity contribution in [1.82, 2.24) is 4.90 Å². The molecule has 1 aliphatic rings. The molecule has 5 heteroatoms. The van der Waals surface area contributed by atoms with E-state index in [-0.39, 0.29) is 0 Å². The van der Waals surface area contributed by atoms with Crippen LogP contribution in [-0.2, 0) is 17.1 Å². The minimum absolute atomic E-state index is 0.422. The zero-order valence-corrected chi connectivity index (χ0v) is 13.1. The number of rotatable bonds is 3. The van der Waals surface area contributed by atoms with Gasteiger partial charge in [0.1, 0.15) is 0 Å². The molecule has 21 heavy (non-hydrogen) atoms. The van der Waals surface area contributed by atoms with Crippen molar-refractivity contribution in [2.75, 3.05) is 12.4 Å². The number of anilines is 1. The molecule has 4 nitrogen and oxygen atoms in total. The second-order valence-corrected chi connectivity index (χ2v) is 6.07. The van der Waals surface area contributed by atoms with Crippen molar-refractivity contribution in [3.63, 3.8) is 0 Å². The molecule has 0 spiro atoms. The van der Waals surface area contributed by atoms with Gasteiger partial charge in [0.05, 0.1) is 0 Å². The van der Waals surface area contributed by atoms with Gasteiger partial charge in [-0.2, -0.15) is 0 Å². The molecule has 0 saturated heterocycles. The molecular weight excluding hydrogens is 332 g/mol. The first-order chi connectivity index (χ1) is 10.0. The van der Waals surface area contributed by atoms with Crippen LogP contribution in [0.5, 0.6) is 0 Å². The molecule has 1 aliphatic heterocycles.